The van der Waals surface area contributed by atoms with Crippen LogP contribution in [0.15, 0.2) is 128 Å². The zero-order chi connectivity index (χ0) is 45.0. The summed E-state index contributed by atoms with van der Waals surface area (Å²) >= 11 is 0. The second-order valence-corrected chi connectivity index (χ2v) is 17.0. The lowest BCUT2D eigenvalue weighted by Gasteiger charge is -2.30. The van der Waals surface area contributed by atoms with Gasteiger partial charge in [0.1, 0.15) is 23.7 Å². The highest BCUT2D eigenvalue weighted by atomic mass is 16.5. The van der Waals surface area contributed by atoms with Gasteiger partial charge in [-0.25, -0.2) is 14.8 Å². The van der Waals surface area contributed by atoms with Gasteiger partial charge < -0.3 is 35.1 Å². The number of methoxy groups -OCH3 is 1. The maximum absolute atomic E-state index is 14.3. The smallest absolute Gasteiger partial charge is 0.407 e. The molecule has 4 N–H and O–H groups in total. The van der Waals surface area contributed by atoms with Crippen LogP contribution in [0.4, 0.5) is 4.79 Å². The predicted molar refractivity (Wildman–Crippen MR) is 247 cm³/mol. The van der Waals surface area contributed by atoms with Crippen LogP contribution in [-0.2, 0) is 14.3 Å². The van der Waals surface area contributed by atoms with E-state index in [1.807, 2.05) is 66.4 Å². The second-order valence-electron chi connectivity index (χ2n) is 17.0. The molecule has 4 aromatic carbocycles. The molecule has 0 spiro atoms. The summed E-state index contributed by atoms with van der Waals surface area (Å²) < 4.78 is 4.78. The third-order valence-corrected chi connectivity index (χ3v) is 12.5. The van der Waals surface area contributed by atoms with Gasteiger partial charge in [0.15, 0.2) is 0 Å². The topological polar surface area (TPSA) is 178 Å². The van der Waals surface area contributed by atoms with E-state index >= 15 is 0 Å². The lowest BCUT2D eigenvalue weighted by molar-refractivity contribution is -0.135. The summed E-state index contributed by atoms with van der Waals surface area (Å²) in [6, 6.07) is 31.8. The van der Waals surface area contributed by atoms with Crippen molar-refractivity contribution in [2.24, 2.45) is 5.92 Å². The van der Waals surface area contributed by atoms with Crippen molar-refractivity contribution in [3.63, 3.8) is 0 Å². The van der Waals surface area contributed by atoms with Crippen LogP contribution in [-0.4, -0.2) is 84.8 Å². The fraction of sp³-hybridized carbons (Fsp3) is 0.275. The number of carbonyl (C=O) groups excluding carboxylic acids is 4. The molecule has 14 heteroatoms. The van der Waals surface area contributed by atoms with E-state index in [1.54, 1.807) is 18.3 Å². The average molecular weight is 870 g/mol. The van der Waals surface area contributed by atoms with E-state index in [2.05, 4.69) is 86.2 Å². The molecule has 65 heavy (non-hydrogen) atoms. The number of alkyl carbamates (subject to hydrolysis) is 1. The number of fused-ring (bicyclic) bond motifs is 1. The van der Waals surface area contributed by atoms with Crippen molar-refractivity contribution in [3.05, 3.63) is 151 Å². The molecule has 2 saturated heterocycles. The maximum Gasteiger partial charge on any atom is 0.407 e. The second kappa shape index (κ2) is 18.6. The molecule has 7 aromatic rings. The summed E-state index contributed by atoms with van der Waals surface area (Å²) in [6.07, 6.45) is 9.30. The summed E-state index contributed by atoms with van der Waals surface area (Å²) in [5.74, 6) is 0.634. The fourth-order valence-corrected chi connectivity index (χ4v) is 9.06. The minimum atomic E-state index is -0.871. The highest BCUT2D eigenvalue weighted by molar-refractivity contribution is 5.98. The molecule has 0 saturated carbocycles. The van der Waals surface area contributed by atoms with Gasteiger partial charge in [0.05, 0.1) is 48.5 Å². The van der Waals surface area contributed by atoms with Crippen LogP contribution >= 0.6 is 0 Å². The van der Waals surface area contributed by atoms with Gasteiger partial charge in [-0.3, -0.25) is 19.4 Å². The van der Waals surface area contributed by atoms with Gasteiger partial charge in [0.25, 0.3) is 5.91 Å². The predicted octanol–water partition coefficient (Wildman–Crippen LogP) is 8.56. The molecule has 0 radical (unpaired) electrons. The fourth-order valence-electron chi connectivity index (χ4n) is 9.06. The number of hydrogen-bond donors (Lipinski definition) is 4. The van der Waals surface area contributed by atoms with Crippen LogP contribution in [0.1, 0.15) is 85.2 Å². The first kappa shape index (κ1) is 42.7. The summed E-state index contributed by atoms with van der Waals surface area (Å²) in [5, 5.41) is 7.85. The summed E-state index contributed by atoms with van der Waals surface area (Å²) in [4.78, 5) is 77.3. The Labute approximate surface area is 376 Å². The van der Waals surface area contributed by atoms with E-state index in [9.17, 15) is 19.2 Å². The number of aromatic amines is 2. The molecule has 3 aromatic heterocycles. The van der Waals surface area contributed by atoms with Crippen LogP contribution in [0.3, 0.4) is 0 Å². The summed E-state index contributed by atoms with van der Waals surface area (Å²) in [6.45, 7) is 4.96. The van der Waals surface area contributed by atoms with Crippen LogP contribution < -0.4 is 10.6 Å². The first-order chi connectivity index (χ1) is 31.6. The molecule has 0 bridgehead atoms. The maximum atomic E-state index is 14.3. The lowest BCUT2D eigenvalue weighted by Crippen LogP contribution is -2.51. The van der Waals surface area contributed by atoms with Crippen LogP contribution in [0.5, 0.6) is 0 Å². The number of carbonyl (C=O) groups is 4. The standard InChI is InChI=1S/C51H51N9O5/c1-31(2)44(58-51(64)65-3)49(62)59-24-8-13-42(59)47-54-30-41(56-47)38-22-21-36-26-35(19-20-37(36)27-38)32-15-17-33(18-16-32)40-29-53-46(55-40)43-14-9-25-60(43)50(63)45(34-10-5-4-6-11-34)57-48(61)39-12-7-23-52-28-39/h4-7,10-12,15-23,26-31,42-45H,8-9,13-14,24-25H2,1-3H3,(H,53,55)(H,54,56)(H,57,61)(H,58,64)/t42-,43?,44-,45+/m0/s1. The number of ether oxygens (including phenoxy) is 1. The molecule has 9 rings (SSSR count). The average Bonchev–Trinajstić information content (AvgIpc) is 4.20. The van der Waals surface area contributed by atoms with Gasteiger partial charge in [-0.15, -0.1) is 0 Å². The van der Waals surface area contributed by atoms with Crippen molar-refractivity contribution in [2.75, 3.05) is 20.2 Å². The van der Waals surface area contributed by atoms with Crippen molar-refractivity contribution >= 4 is 34.6 Å². The lowest BCUT2D eigenvalue weighted by atomic mass is 9.98. The van der Waals surface area contributed by atoms with Crippen LogP contribution in [0.2, 0.25) is 0 Å². The molecule has 330 valence electrons. The zero-order valence-corrected chi connectivity index (χ0v) is 36.5. The van der Waals surface area contributed by atoms with Crippen LogP contribution in [0, 0.1) is 5.92 Å². The SMILES string of the molecule is COC(=O)N[C@H](C(=O)N1CCC[C@H]1c1ncc(-c2ccc3cc(-c4ccc(-c5cnc(C6CCCN6C(=O)[C@H](NC(=O)c6cccnc6)c6ccccc6)[nH]5)cc4)ccc3c2)[nH]1)C(C)C. The molecular weight excluding hydrogens is 819 g/mol. The Morgan fingerprint density at radius 2 is 1.25 bits per heavy atom. The monoisotopic (exact) mass is 869 g/mol. The number of likely N-dealkylation sites (tertiary alicyclic amines) is 2. The number of aromatic nitrogens is 5. The van der Waals surface area contributed by atoms with E-state index in [1.165, 1.54) is 13.3 Å². The first-order valence-corrected chi connectivity index (χ1v) is 22.1. The zero-order valence-electron chi connectivity index (χ0n) is 36.5. The number of pyridine rings is 1. The van der Waals surface area contributed by atoms with Gasteiger partial charge in [-0.2, -0.15) is 0 Å². The Morgan fingerprint density at radius 1 is 0.662 bits per heavy atom. The molecule has 1 unspecified atom stereocenters. The van der Waals surface area contributed by atoms with E-state index in [0.29, 0.717) is 30.0 Å². The van der Waals surface area contributed by atoms with Gasteiger partial charge in [0.2, 0.25) is 11.8 Å². The summed E-state index contributed by atoms with van der Waals surface area (Å²) in [7, 11) is 1.29. The van der Waals surface area contributed by atoms with Crippen molar-refractivity contribution in [2.45, 2.75) is 63.7 Å². The van der Waals surface area contributed by atoms with E-state index in [0.717, 1.165) is 75.9 Å². The Hall–Kier alpha value is -7.61. The van der Waals surface area contributed by atoms with Crippen molar-refractivity contribution in [1.82, 2.24) is 45.4 Å². The number of hydrogen-bond acceptors (Lipinski definition) is 8. The first-order valence-electron chi connectivity index (χ1n) is 22.1. The molecular formula is C51H51N9O5. The third kappa shape index (κ3) is 8.97. The van der Waals surface area contributed by atoms with Gasteiger partial charge in [0, 0.05) is 31.0 Å². The van der Waals surface area contributed by atoms with Gasteiger partial charge in [-0.05, 0) is 88.9 Å². The molecule has 4 atom stereocenters. The quantitative estimate of drug-likeness (QED) is 0.0944. The minimum Gasteiger partial charge on any atom is -0.453 e. The molecule has 4 amide bonds. The van der Waals surface area contributed by atoms with Gasteiger partial charge >= 0.3 is 6.09 Å². The Morgan fingerprint density at radius 3 is 1.86 bits per heavy atom. The number of nitrogens with zero attached hydrogens (tertiary/aromatic N) is 5. The van der Waals surface area contributed by atoms with Crippen LogP contribution in [0.25, 0.3) is 44.4 Å². The Kier molecular flexibility index (Phi) is 12.2. The Bertz CT molecular complexity index is 2820. The number of nitrogens with one attached hydrogen (secondary N) is 4. The van der Waals surface area contributed by atoms with Crippen molar-refractivity contribution in [3.8, 4) is 33.6 Å². The highest BCUT2D eigenvalue weighted by Crippen LogP contribution is 2.36. The molecule has 5 heterocycles. The third-order valence-electron chi connectivity index (χ3n) is 12.5. The molecule has 14 nitrogen and oxygen atoms in total. The number of imidazole rings is 2. The van der Waals surface area contributed by atoms with E-state index < -0.39 is 18.2 Å². The van der Waals surface area contributed by atoms with E-state index in [-0.39, 0.29) is 35.7 Å². The molecule has 2 aliphatic rings. The van der Waals surface area contributed by atoms with Crippen molar-refractivity contribution in [1.29, 1.82) is 0 Å². The molecule has 0 aliphatic carbocycles. The van der Waals surface area contributed by atoms with Crippen molar-refractivity contribution < 1.29 is 23.9 Å². The molecule has 2 aliphatic heterocycles. The number of benzene rings is 4. The minimum absolute atomic E-state index is 0.110. The number of H-pyrrole nitrogens is 2. The van der Waals surface area contributed by atoms with Gasteiger partial charge in [-0.1, -0.05) is 92.7 Å². The molecule has 2 fully saturated rings. The number of amides is 4. The summed E-state index contributed by atoms with van der Waals surface area (Å²) in [5.41, 5.74) is 6.93. The largest absolute Gasteiger partial charge is 0.453 e. The number of rotatable bonds is 12. The highest BCUT2D eigenvalue weighted by Gasteiger charge is 2.39. The van der Waals surface area contributed by atoms with E-state index in [4.69, 9.17) is 14.7 Å². The Balaban J connectivity index is 0.871. The normalized spacial score (nSPS) is 17.0.